The van der Waals surface area contributed by atoms with Gasteiger partial charge in [0.05, 0.1) is 38.6 Å². The summed E-state index contributed by atoms with van der Waals surface area (Å²) < 4.78 is 34.5. The van der Waals surface area contributed by atoms with E-state index in [9.17, 15) is 61.0 Å². The van der Waals surface area contributed by atoms with Crippen LogP contribution in [0.3, 0.4) is 0 Å². The standard InChI is InChI=1S/C85H141NO18/c1-3-5-7-9-11-13-15-17-19-21-23-24-25-26-27-28-29-30-31-32-33-34-35-36-37-38-39-40-41-42-43-44-45-47-49-51-53-55-57-59-61-63-73(91)86-68(69(90)62-60-58-56-54-52-50-48-46-22-20-18-16-14-12-10-8-6-4-2)67-99-83-79(97)76(94)81(71(65-88)101-83)104-85-80(98)77(95)82(72(66-89)102-85)103-84-78(96)75(93)74(92)70(64-87)100-84/h5,7,11,13,17,19,23-24,26-27,29-30,32-33,35-36,38-39,41-42,44-45,49,51,68-72,74-85,87-90,92-98H,3-4,6,8-10,12,14-16,18,20-22,25,28,31,34,37,40,43,46-48,50,52-67H2,1-2H3,(H,86,91)/b7-5-,13-11-,19-17-,24-23-,27-26-,30-29-,33-32-,36-35-,39-38-,42-41-,45-44-,51-49-. The van der Waals surface area contributed by atoms with Gasteiger partial charge in [-0.2, -0.15) is 0 Å². The lowest BCUT2D eigenvalue weighted by Crippen LogP contribution is -2.66. The minimum atomic E-state index is -1.98. The Balaban J connectivity index is 1.36. The molecule has 19 heteroatoms. The fraction of sp³-hybridized carbons (Fsp3) is 0.706. The number of carbonyl (C=O) groups is 1. The first-order valence-corrected chi connectivity index (χ1v) is 40.1. The Labute approximate surface area is 625 Å². The lowest BCUT2D eigenvalue weighted by Gasteiger charge is -2.48. The number of rotatable bonds is 61. The summed E-state index contributed by atoms with van der Waals surface area (Å²) >= 11 is 0. The highest BCUT2D eigenvalue weighted by Gasteiger charge is 2.54. The monoisotopic (exact) mass is 1460 g/mol. The van der Waals surface area contributed by atoms with Crippen molar-refractivity contribution in [1.82, 2.24) is 5.32 Å². The molecule has 594 valence electrons. The zero-order chi connectivity index (χ0) is 75.3. The molecule has 0 saturated carbocycles. The van der Waals surface area contributed by atoms with Crippen molar-refractivity contribution in [2.75, 3.05) is 26.4 Å². The number of allylic oxidation sites excluding steroid dienone is 24. The van der Waals surface area contributed by atoms with E-state index in [1.807, 2.05) is 0 Å². The average Bonchev–Trinajstić information content (AvgIpc) is 0.783. The quantitative estimate of drug-likeness (QED) is 0.0199. The number of amides is 1. The first-order chi connectivity index (χ1) is 50.8. The van der Waals surface area contributed by atoms with Crippen LogP contribution in [0.1, 0.15) is 251 Å². The van der Waals surface area contributed by atoms with Gasteiger partial charge in [-0.05, 0) is 103 Å². The highest BCUT2D eigenvalue weighted by molar-refractivity contribution is 5.76. The van der Waals surface area contributed by atoms with Gasteiger partial charge in [0.15, 0.2) is 18.9 Å². The van der Waals surface area contributed by atoms with Crippen molar-refractivity contribution < 1.29 is 89.4 Å². The lowest BCUT2D eigenvalue weighted by atomic mass is 9.96. The number of nitrogens with one attached hydrogen (secondary N) is 1. The van der Waals surface area contributed by atoms with Crippen molar-refractivity contribution in [3.05, 3.63) is 146 Å². The normalized spacial score (nSPS) is 26.7. The average molecular weight is 1470 g/mol. The SMILES string of the molecule is CC/C=C\C/C=C\C/C=C\C/C=C\C/C=C\C/C=C\C/C=C\C/C=C\C/C=C\C/C=C\C/C=C\C/C=C\CCCCCCC(=O)NC(COC1OC(CO)C(OC2OC(CO)C(OC3OC(CO)C(O)C(O)C3O)C(O)C2O)C(O)C1O)C(O)CCCCCCCCCCCCCCCCCCCC. The van der Waals surface area contributed by atoms with E-state index in [-0.39, 0.29) is 18.9 Å². The molecule has 0 aromatic rings. The van der Waals surface area contributed by atoms with Gasteiger partial charge in [-0.25, -0.2) is 0 Å². The number of hydrogen-bond acceptors (Lipinski definition) is 18. The van der Waals surface area contributed by atoms with Crippen molar-refractivity contribution in [2.24, 2.45) is 0 Å². The number of hydrogen-bond donors (Lipinski definition) is 12. The van der Waals surface area contributed by atoms with E-state index in [0.717, 1.165) is 122 Å². The molecule has 0 radical (unpaired) electrons. The molecule has 3 aliphatic heterocycles. The molecule has 0 aliphatic carbocycles. The maximum atomic E-state index is 13.5. The zero-order valence-corrected chi connectivity index (χ0v) is 63.4. The first kappa shape index (κ1) is 93.9. The number of aliphatic hydroxyl groups is 11. The summed E-state index contributed by atoms with van der Waals surface area (Å²) in [6.45, 7) is 1.66. The van der Waals surface area contributed by atoms with Crippen LogP contribution in [0.4, 0.5) is 0 Å². The molecule has 1 amide bonds. The molecule has 3 fully saturated rings. The van der Waals surface area contributed by atoms with Gasteiger partial charge >= 0.3 is 0 Å². The Morgan fingerprint density at radius 1 is 0.356 bits per heavy atom. The van der Waals surface area contributed by atoms with Gasteiger partial charge in [0.2, 0.25) is 5.91 Å². The van der Waals surface area contributed by atoms with Crippen LogP contribution in [0, 0.1) is 0 Å². The number of ether oxygens (including phenoxy) is 6. The number of aliphatic hydroxyl groups excluding tert-OH is 11. The van der Waals surface area contributed by atoms with Gasteiger partial charge in [0, 0.05) is 6.42 Å². The van der Waals surface area contributed by atoms with Crippen LogP contribution in [-0.4, -0.2) is 193 Å². The Morgan fingerprint density at radius 2 is 0.663 bits per heavy atom. The van der Waals surface area contributed by atoms with E-state index in [2.05, 4.69) is 165 Å². The van der Waals surface area contributed by atoms with E-state index in [0.29, 0.717) is 19.3 Å². The van der Waals surface area contributed by atoms with E-state index in [1.165, 1.54) is 89.9 Å². The Bertz CT molecular complexity index is 2450. The van der Waals surface area contributed by atoms with Gasteiger partial charge in [0.1, 0.15) is 73.2 Å². The van der Waals surface area contributed by atoms with Crippen LogP contribution in [0.2, 0.25) is 0 Å². The third-order valence-corrected chi connectivity index (χ3v) is 18.9. The fourth-order valence-corrected chi connectivity index (χ4v) is 12.5. The molecule has 17 unspecified atom stereocenters. The van der Waals surface area contributed by atoms with Crippen molar-refractivity contribution >= 4 is 5.91 Å². The molecule has 3 aliphatic rings. The predicted octanol–water partition coefficient (Wildman–Crippen LogP) is 13.4. The summed E-state index contributed by atoms with van der Waals surface area (Å²) in [6.07, 6.45) is 65.0. The maximum Gasteiger partial charge on any atom is 0.220 e. The van der Waals surface area contributed by atoms with E-state index >= 15 is 0 Å². The Hall–Kier alpha value is -4.33. The zero-order valence-electron chi connectivity index (χ0n) is 63.4. The first-order valence-electron chi connectivity index (χ1n) is 40.1. The molecule has 0 aromatic heterocycles. The topological polar surface area (TPSA) is 307 Å². The molecule has 12 N–H and O–H groups in total. The Morgan fingerprint density at radius 3 is 1.04 bits per heavy atom. The third-order valence-electron chi connectivity index (χ3n) is 18.9. The molecule has 0 spiro atoms. The summed E-state index contributed by atoms with van der Waals surface area (Å²) in [7, 11) is 0. The molecule has 3 rings (SSSR count). The second-order valence-corrected chi connectivity index (χ2v) is 27.8. The van der Waals surface area contributed by atoms with Crippen LogP contribution in [0.15, 0.2) is 146 Å². The molecule has 19 nitrogen and oxygen atoms in total. The van der Waals surface area contributed by atoms with Crippen molar-refractivity contribution in [3.63, 3.8) is 0 Å². The van der Waals surface area contributed by atoms with Gasteiger partial charge in [-0.1, -0.05) is 288 Å². The summed E-state index contributed by atoms with van der Waals surface area (Å²) in [5.41, 5.74) is 0. The summed E-state index contributed by atoms with van der Waals surface area (Å²) in [4.78, 5) is 13.5. The Kier molecular flexibility index (Phi) is 57.4. The summed E-state index contributed by atoms with van der Waals surface area (Å²) in [6, 6.07) is -0.913. The van der Waals surface area contributed by atoms with E-state index < -0.39 is 124 Å². The van der Waals surface area contributed by atoms with Crippen LogP contribution < -0.4 is 5.32 Å². The molecule has 3 heterocycles. The highest BCUT2D eigenvalue weighted by atomic mass is 16.8. The largest absolute Gasteiger partial charge is 0.394 e. The van der Waals surface area contributed by atoms with Gasteiger partial charge in [-0.3, -0.25) is 4.79 Å². The highest BCUT2D eigenvalue weighted by Crippen LogP contribution is 2.33. The van der Waals surface area contributed by atoms with Gasteiger partial charge in [0.25, 0.3) is 0 Å². The lowest BCUT2D eigenvalue weighted by molar-refractivity contribution is -0.379. The molecule has 0 bridgehead atoms. The van der Waals surface area contributed by atoms with Crippen LogP contribution in [0.25, 0.3) is 0 Å². The number of unbranched alkanes of at least 4 members (excludes halogenated alkanes) is 21. The fourth-order valence-electron chi connectivity index (χ4n) is 12.5. The van der Waals surface area contributed by atoms with E-state index in [1.54, 1.807) is 0 Å². The molecule has 17 atom stereocenters. The van der Waals surface area contributed by atoms with Gasteiger partial charge < -0.3 is 89.9 Å². The number of carbonyl (C=O) groups excluding carboxylic acids is 1. The van der Waals surface area contributed by atoms with Crippen LogP contribution in [0.5, 0.6) is 0 Å². The maximum absolute atomic E-state index is 13.5. The molecule has 3 saturated heterocycles. The van der Waals surface area contributed by atoms with Crippen molar-refractivity contribution in [3.8, 4) is 0 Å². The smallest absolute Gasteiger partial charge is 0.220 e. The van der Waals surface area contributed by atoms with E-state index in [4.69, 9.17) is 28.4 Å². The van der Waals surface area contributed by atoms with Gasteiger partial charge in [-0.15, -0.1) is 0 Å². The van der Waals surface area contributed by atoms with Crippen LogP contribution in [-0.2, 0) is 33.2 Å². The second kappa shape index (κ2) is 63.6. The molecular formula is C85H141NO18. The van der Waals surface area contributed by atoms with Crippen LogP contribution >= 0.6 is 0 Å². The minimum Gasteiger partial charge on any atom is -0.394 e. The molecule has 104 heavy (non-hydrogen) atoms. The molecular weight excluding hydrogens is 1320 g/mol. The summed E-state index contributed by atoms with van der Waals surface area (Å²) in [5.74, 6) is -0.272. The summed E-state index contributed by atoms with van der Waals surface area (Å²) in [5, 5.41) is 121. The van der Waals surface area contributed by atoms with Crippen molar-refractivity contribution in [1.29, 1.82) is 0 Å². The minimum absolute atomic E-state index is 0.227. The second-order valence-electron chi connectivity index (χ2n) is 27.8. The predicted molar refractivity (Wildman–Crippen MR) is 415 cm³/mol. The van der Waals surface area contributed by atoms with Crippen molar-refractivity contribution in [2.45, 2.75) is 356 Å². The third kappa shape index (κ3) is 43.0. The molecule has 0 aromatic carbocycles.